The molecule has 0 amide bonds. The number of aromatic amines is 1. The fraction of sp³-hybridized carbons (Fsp3) is 0.188. The van der Waals surface area contributed by atoms with E-state index < -0.39 is 0 Å². The van der Waals surface area contributed by atoms with Gasteiger partial charge in [0, 0.05) is 30.4 Å². The van der Waals surface area contributed by atoms with E-state index in [0.29, 0.717) is 21.7 Å². The molecule has 2 rings (SSSR count). The Kier molecular flexibility index (Phi) is 8.73. The van der Waals surface area contributed by atoms with Crippen molar-refractivity contribution in [1.29, 1.82) is 0 Å². The number of benzene rings is 1. The van der Waals surface area contributed by atoms with Gasteiger partial charge < -0.3 is 10.3 Å². The maximum atomic E-state index is 5.25. The number of thioether (sulfide) groups is 1. The molecule has 0 saturated heterocycles. The Morgan fingerprint density at radius 3 is 2.77 bits per heavy atom. The van der Waals surface area contributed by atoms with Crippen molar-refractivity contribution in [3.05, 3.63) is 54.1 Å². The van der Waals surface area contributed by atoms with Crippen molar-refractivity contribution in [3.8, 4) is 0 Å². The average molecular weight is 406 g/mol. The number of nitrogens with zero attached hydrogens (tertiary/aromatic N) is 3. The van der Waals surface area contributed by atoms with Gasteiger partial charge in [-0.05, 0) is 18.5 Å². The number of H-pyrrole nitrogens is 1. The molecule has 0 bridgehead atoms. The highest BCUT2D eigenvalue weighted by atomic mass is 32.2. The van der Waals surface area contributed by atoms with Crippen molar-refractivity contribution < 1.29 is 0 Å². The van der Waals surface area contributed by atoms with Crippen molar-refractivity contribution >= 4 is 57.6 Å². The van der Waals surface area contributed by atoms with E-state index in [-0.39, 0.29) is 0 Å². The van der Waals surface area contributed by atoms with Crippen LogP contribution in [-0.4, -0.2) is 44.1 Å². The molecule has 0 atom stereocenters. The third kappa shape index (κ3) is 7.30. The second-order valence-corrected chi connectivity index (χ2v) is 6.81. The molecule has 0 aliphatic rings. The summed E-state index contributed by atoms with van der Waals surface area (Å²) < 4.78 is 0.581. The highest BCUT2D eigenvalue weighted by Gasteiger charge is 2.02. The van der Waals surface area contributed by atoms with Gasteiger partial charge in [-0.15, -0.1) is 0 Å². The van der Waals surface area contributed by atoms with Crippen LogP contribution in [0.4, 0.5) is 0 Å². The molecule has 0 unspecified atom stereocenters. The minimum absolute atomic E-state index is 0.430. The minimum Gasteiger partial charge on any atom is -0.361 e. The largest absolute Gasteiger partial charge is 0.361 e. The summed E-state index contributed by atoms with van der Waals surface area (Å²) in [5.41, 5.74) is 8.17. The van der Waals surface area contributed by atoms with Crippen LogP contribution in [-0.2, 0) is 6.42 Å². The van der Waals surface area contributed by atoms with E-state index in [1.807, 2.05) is 36.6 Å². The van der Waals surface area contributed by atoms with E-state index in [4.69, 9.17) is 24.4 Å². The summed E-state index contributed by atoms with van der Waals surface area (Å²) in [7, 11) is 0. The molecule has 4 N–H and O–H groups in total. The summed E-state index contributed by atoms with van der Waals surface area (Å²) in [6.07, 6.45) is 7.70. The molecule has 0 aliphatic carbocycles. The summed E-state index contributed by atoms with van der Waals surface area (Å²) in [4.78, 5) is 7.02. The number of nitrogens with one attached hydrogen (secondary N) is 4. The summed E-state index contributed by atoms with van der Waals surface area (Å²) in [5, 5.41) is 12.0. The summed E-state index contributed by atoms with van der Waals surface area (Å²) in [6.45, 7) is 0.669. The lowest BCUT2D eigenvalue weighted by Gasteiger charge is -2.08. The molecule has 2 aromatic rings. The number of hydrogen-bond donors (Lipinski definition) is 4. The zero-order valence-corrected chi connectivity index (χ0v) is 16.5. The first kappa shape index (κ1) is 20.0. The normalized spacial score (nSPS) is 11.3. The van der Waals surface area contributed by atoms with E-state index in [1.54, 1.807) is 18.7 Å². The van der Waals surface area contributed by atoms with Gasteiger partial charge in [0.15, 0.2) is 9.43 Å². The average Bonchev–Trinajstić information content (AvgIpc) is 3.18. The Hall–Kier alpha value is -2.30. The van der Waals surface area contributed by atoms with Crippen LogP contribution in [0.5, 0.6) is 0 Å². The number of imidazole rings is 1. The lowest BCUT2D eigenvalue weighted by Crippen LogP contribution is -2.34. The monoisotopic (exact) mass is 405 g/mol. The van der Waals surface area contributed by atoms with Crippen LogP contribution in [0.3, 0.4) is 0 Å². The Labute approximate surface area is 167 Å². The van der Waals surface area contributed by atoms with Crippen molar-refractivity contribution in [2.24, 2.45) is 10.2 Å². The van der Waals surface area contributed by atoms with Crippen LogP contribution in [0.15, 0.2) is 53.1 Å². The highest BCUT2D eigenvalue weighted by molar-refractivity contribution is 8.22. The molecule has 10 heteroatoms. The van der Waals surface area contributed by atoms with Gasteiger partial charge in [0.05, 0.1) is 12.5 Å². The fourth-order valence-electron chi connectivity index (χ4n) is 1.85. The molecular weight excluding hydrogens is 386 g/mol. The highest BCUT2D eigenvalue weighted by Crippen LogP contribution is 2.00. The van der Waals surface area contributed by atoms with Gasteiger partial charge in [0.25, 0.3) is 0 Å². The van der Waals surface area contributed by atoms with Gasteiger partial charge in [-0.2, -0.15) is 10.2 Å². The number of hydrogen-bond acceptors (Lipinski definition) is 6. The molecule has 0 saturated carbocycles. The van der Waals surface area contributed by atoms with Crippen LogP contribution in [0, 0.1) is 0 Å². The molecule has 7 nitrogen and oxygen atoms in total. The molecular formula is C16H19N7S3. The molecule has 0 fully saturated rings. The molecule has 0 aliphatic heterocycles. The van der Waals surface area contributed by atoms with E-state index in [1.165, 1.54) is 11.8 Å². The van der Waals surface area contributed by atoms with Crippen molar-refractivity contribution in [2.45, 2.75) is 6.42 Å². The van der Waals surface area contributed by atoms with E-state index in [2.05, 4.69) is 36.3 Å². The van der Waals surface area contributed by atoms with Gasteiger partial charge in [-0.25, -0.2) is 4.98 Å². The summed E-state index contributed by atoms with van der Waals surface area (Å²) in [5.74, 6) is 0. The zero-order chi connectivity index (χ0) is 18.6. The number of rotatable bonds is 7. The molecule has 0 spiro atoms. The Morgan fingerprint density at radius 2 is 2.08 bits per heavy atom. The Bertz CT molecular complexity index is 757. The lowest BCUT2D eigenvalue weighted by atomic mass is 10.1. The number of thiocarbonyl (C=S) groups is 2. The fourth-order valence-corrected chi connectivity index (χ4v) is 2.20. The first-order valence-corrected chi connectivity index (χ1v) is 9.74. The minimum atomic E-state index is 0.430. The topological polar surface area (TPSA) is 89.5 Å². The molecule has 0 radical (unpaired) electrons. The molecule has 1 heterocycles. The Morgan fingerprint density at radius 1 is 1.27 bits per heavy atom. The molecule has 136 valence electrons. The maximum absolute atomic E-state index is 5.25. The van der Waals surface area contributed by atoms with Crippen LogP contribution in [0.1, 0.15) is 11.3 Å². The predicted octanol–water partition coefficient (Wildman–Crippen LogP) is 2.04. The van der Waals surface area contributed by atoms with Crippen molar-refractivity contribution in [2.75, 3.05) is 12.8 Å². The summed E-state index contributed by atoms with van der Waals surface area (Å²) >= 11 is 11.7. The lowest BCUT2D eigenvalue weighted by molar-refractivity contribution is 0.823. The van der Waals surface area contributed by atoms with Gasteiger partial charge in [0.2, 0.25) is 0 Å². The van der Waals surface area contributed by atoms with E-state index in [9.17, 15) is 0 Å². The second kappa shape index (κ2) is 11.3. The predicted molar refractivity (Wildman–Crippen MR) is 117 cm³/mol. The van der Waals surface area contributed by atoms with Gasteiger partial charge >= 0.3 is 0 Å². The van der Waals surface area contributed by atoms with Crippen LogP contribution in [0.25, 0.3) is 0 Å². The first-order chi connectivity index (χ1) is 12.7. The van der Waals surface area contributed by atoms with Crippen molar-refractivity contribution in [1.82, 2.24) is 26.1 Å². The van der Waals surface area contributed by atoms with E-state index >= 15 is 0 Å². The van der Waals surface area contributed by atoms with Gasteiger partial charge in [0.1, 0.15) is 5.71 Å². The van der Waals surface area contributed by atoms with Gasteiger partial charge in [-0.1, -0.05) is 54.3 Å². The van der Waals surface area contributed by atoms with Crippen LogP contribution < -0.4 is 16.2 Å². The zero-order valence-electron chi connectivity index (χ0n) is 14.1. The first-order valence-electron chi connectivity index (χ1n) is 7.70. The third-order valence-corrected chi connectivity index (χ3v) is 4.40. The maximum Gasteiger partial charge on any atom is 0.186 e. The third-order valence-electron chi connectivity index (χ3n) is 3.11. The molecule has 1 aromatic carbocycles. The van der Waals surface area contributed by atoms with Crippen LogP contribution >= 0.6 is 36.2 Å². The van der Waals surface area contributed by atoms with Crippen molar-refractivity contribution in [3.63, 3.8) is 0 Å². The van der Waals surface area contributed by atoms with Crippen LogP contribution in [0.2, 0.25) is 0 Å². The number of aromatic nitrogens is 2. The van der Waals surface area contributed by atoms with Gasteiger partial charge in [-0.3, -0.25) is 10.9 Å². The smallest absolute Gasteiger partial charge is 0.186 e. The molecule has 26 heavy (non-hydrogen) atoms. The second-order valence-electron chi connectivity index (χ2n) is 4.92. The SMILES string of the molecule is CSC(=S)N/N=C/C(=N/NC(=S)NCCc1cnc[nH]1)c1ccccc1. The number of hydrazone groups is 2. The Balaban J connectivity index is 1.93. The quantitative estimate of drug-likeness (QED) is 0.318. The van der Waals surface area contributed by atoms with E-state index in [0.717, 1.165) is 17.7 Å². The standard InChI is InChI=1S/C16H19N7S3/c1-26-16(25)23-20-10-14(12-5-3-2-4-6-12)21-22-15(24)18-8-7-13-9-17-11-19-13/h2-6,9-11H,7-8H2,1H3,(H,17,19)(H,23,25)(H2,18,22,24)/b20-10+,21-14-. The molecule has 1 aromatic heterocycles. The summed E-state index contributed by atoms with van der Waals surface area (Å²) in [6, 6.07) is 9.68.